The maximum atomic E-state index is 12.5. The van der Waals surface area contributed by atoms with Crippen molar-refractivity contribution in [1.29, 1.82) is 0 Å². The summed E-state index contributed by atoms with van der Waals surface area (Å²) in [6.07, 6.45) is 0. The van der Waals surface area contributed by atoms with Crippen LogP contribution in [0.4, 0.5) is 5.82 Å². The zero-order chi connectivity index (χ0) is 16.5. The number of aryl methyl sites for hydroxylation is 3. The van der Waals surface area contributed by atoms with E-state index in [0.717, 1.165) is 11.1 Å². The number of anilines is 1. The number of amides is 1. The van der Waals surface area contributed by atoms with Crippen LogP contribution in [0.2, 0.25) is 0 Å². The molecule has 1 heterocycles. The third kappa shape index (κ3) is 3.19. The average Bonchev–Trinajstić information content (AvgIpc) is 2.86. The minimum atomic E-state index is -3.76. The number of hydrogen-bond donors (Lipinski definition) is 1. The van der Waals surface area contributed by atoms with Gasteiger partial charge in [0.1, 0.15) is 11.0 Å². The smallest absolute Gasteiger partial charge is 0.244 e. The van der Waals surface area contributed by atoms with Gasteiger partial charge in [0.15, 0.2) is 15.7 Å². The number of nitrogens with zero attached hydrogens (tertiary/aromatic N) is 1. The normalized spacial score (nSPS) is 12.9. The lowest BCUT2D eigenvalue weighted by Gasteiger charge is -2.13. The minimum Gasteiger partial charge on any atom is -0.360 e. The second-order valence-corrected chi connectivity index (χ2v) is 7.51. The highest BCUT2D eigenvalue weighted by atomic mass is 32.2. The topological polar surface area (TPSA) is 89.3 Å². The molecule has 0 saturated heterocycles. The van der Waals surface area contributed by atoms with E-state index < -0.39 is 21.0 Å². The van der Waals surface area contributed by atoms with Crippen molar-refractivity contribution in [2.45, 2.75) is 37.8 Å². The summed E-state index contributed by atoms with van der Waals surface area (Å²) in [5.41, 5.74) is 1.86. The Labute approximate surface area is 129 Å². The van der Waals surface area contributed by atoms with Gasteiger partial charge in [0.25, 0.3) is 0 Å². The van der Waals surface area contributed by atoms with E-state index in [1.807, 2.05) is 13.8 Å². The Kier molecular flexibility index (Phi) is 4.37. The van der Waals surface area contributed by atoms with Gasteiger partial charge >= 0.3 is 0 Å². The molecule has 0 aliphatic heterocycles. The molecule has 0 aliphatic carbocycles. The van der Waals surface area contributed by atoms with Crippen LogP contribution >= 0.6 is 0 Å². The molecule has 6 nitrogen and oxygen atoms in total. The van der Waals surface area contributed by atoms with Crippen molar-refractivity contribution in [3.05, 3.63) is 41.2 Å². The van der Waals surface area contributed by atoms with Gasteiger partial charge in [0.2, 0.25) is 5.91 Å². The molecule has 7 heteroatoms. The lowest BCUT2D eigenvalue weighted by molar-refractivity contribution is -0.115. The van der Waals surface area contributed by atoms with Gasteiger partial charge < -0.3 is 9.84 Å². The molecule has 2 rings (SSSR count). The predicted molar refractivity (Wildman–Crippen MR) is 82.4 cm³/mol. The van der Waals surface area contributed by atoms with E-state index in [2.05, 4.69) is 10.5 Å². The van der Waals surface area contributed by atoms with E-state index in [4.69, 9.17) is 4.52 Å². The lowest BCUT2D eigenvalue weighted by atomic mass is 10.1. The molecule has 1 aromatic heterocycles. The molecule has 2 aromatic rings. The van der Waals surface area contributed by atoms with Crippen LogP contribution in [0.15, 0.2) is 33.7 Å². The Balaban J connectivity index is 2.24. The van der Waals surface area contributed by atoms with Gasteiger partial charge in [0.05, 0.1) is 4.90 Å². The largest absolute Gasteiger partial charge is 0.360 e. The summed E-state index contributed by atoms with van der Waals surface area (Å²) in [6.45, 7) is 6.76. The van der Waals surface area contributed by atoms with Gasteiger partial charge in [-0.3, -0.25) is 4.79 Å². The summed E-state index contributed by atoms with van der Waals surface area (Å²) in [5.74, 6) is 0.0798. The van der Waals surface area contributed by atoms with Crippen LogP contribution in [0.5, 0.6) is 0 Å². The van der Waals surface area contributed by atoms with E-state index in [1.54, 1.807) is 19.1 Å². The first kappa shape index (κ1) is 16.2. The Morgan fingerprint density at radius 3 is 2.41 bits per heavy atom. The van der Waals surface area contributed by atoms with Gasteiger partial charge in [-0.05, 0) is 51.0 Å². The third-order valence-electron chi connectivity index (χ3n) is 3.52. The van der Waals surface area contributed by atoms with Crippen LogP contribution in [0.1, 0.15) is 23.8 Å². The fourth-order valence-electron chi connectivity index (χ4n) is 1.89. The number of carbonyl (C=O) groups excluding carboxylic acids is 1. The first-order chi connectivity index (χ1) is 10.2. The summed E-state index contributed by atoms with van der Waals surface area (Å²) in [6, 6.07) is 6.34. The van der Waals surface area contributed by atoms with Crippen molar-refractivity contribution >= 4 is 21.6 Å². The fourth-order valence-corrected chi connectivity index (χ4v) is 3.24. The number of hydrogen-bond acceptors (Lipinski definition) is 5. The molecule has 0 saturated carbocycles. The lowest BCUT2D eigenvalue weighted by Crippen LogP contribution is -2.32. The highest BCUT2D eigenvalue weighted by Gasteiger charge is 2.30. The molecule has 118 valence electrons. The van der Waals surface area contributed by atoms with Crippen LogP contribution in [0.3, 0.4) is 0 Å². The van der Waals surface area contributed by atoms with Gasteiger partial charge in [-0.2, -0.15) is 0 Å². The van der Waals surface area contributed by atoms with Crippen LogP contribution in [-0.2, 0) is 14.6 Å². The van der Waals surface area contributed by atoms with E-state index in [1.165, 1.54) is 19.1 Å². The SMILES string of the molecule is Cc1cc(NC(=O)[C@@H](C)S(=O)(=O)c2ccc(C)c(C)c2)no1. The first-order valence-electron chi connectivity index (χ1n) is 6.77. The van der Waals surface area contributed by atoms with E-state index in [0.29, 0.717) is 5.76 Å². The Morgan fingerprint density at radius 2 is 1.86 bits per heavy atom. The highest BCUT2D eigenvalue weighted by molar-refractivity contribution is 7.92. The van der Waals surface area contributed by atoms with Crippen LogP contribution < -0.4 is 5.32 Å². The summed E-state index contributed by atoms with van der Waals surface area (Å²) >= 11 is 0. The van der Waals surface area contributed by atoms with E-state index in [-0.39, 0.29) is 10.7 Å². The summed E-state index contributed by atoms with van der Waals surface area (Å²) in [7, 11) is -3.76. The van der Waals surface area contributed by atoms with Crippen LogP contribution in [0, 0.1) is 20.8 Å². The summed E-state index contributed by atoms with van der Waals surface area (Å²) in [5, 5.41) is 4.83. The van der Waals surface area contributed by atoms with Crippen LogP contribution in [-0.4, -0.2) is 24.7 Å². The number of carbonyl (C=O) groups is 1. The van der Waals surface area contributed by atoms with E-state index in [9.17, 15) is 13.2 Å². The van der Waals surface area contributed by atoms with Crippen molar-refractivity contribution in [1.82, 2.24) is 5.16 Å². The second kappa shape index (κ2) is 5.92. The minimum absolute atomic E-state index is 0.134. The summed E-state index contributed by atoms with van der Waals surface area (Å²) < 4.78 is 29.9. The molecular weight excluding hydrogens is 304 g/mol. The molecule has 1 aromatic carbocycles. The molecule has 0 unspecified atom stereocenters. The zero-order valence-electron chi connectivity index (χ0n) is 12.9. The molecule has 0 fully saturated rings. The number of sulfone groups is 1. The standard InChI is InChI=1S/C15H18N2O4S/c1-9-5-6-13(7-10(9)2)22(19,20)12(4)15(18)16-14-8-11(3)21-17-14/h5-8,12H,1-4H3,(H,16,17,18)/t12-/m1/s1. The molecule has 0 aliphatic rings. The molecule has 22 heavy (non-hydrogen) atoms. The van der Waals surface area contributed by atoms with E-state index >= 15 is 0 Å². The van der Waals surface area contributed by atoms with Gasteiger partial charge in [-0.25, -0.2) is 8.42 Å². The molecule has 0 bridgehead atoms. The van der Waals surface area contributed by atoms with Crippen molar-refractivity contribution in [2.24, 2.45) is 0 Å². The molecule has 0 radical (unpaired) electrons. The zero-order valence-corrected chi connectivity index (χ0v) is 13.7. The number of nitrogens with one attached hydrogen (secondary N) is 1. The summed E-state index contributed by atoms with van der Waals surface area (Å²) in [4.78, 5) is 12.3. The Hall–Kier alpha value is -2.15. The Bertz CT molecular complexity index is 809. The average molecular weight is 322 g/mol. The quantitative estimate of drug-likeness (QED) is 0.933. The molecule has 1 amide bonds. The highest BCUT2D eigenvalue weighted by Crippen LogP contribution is 2.20. The maximum Gasteiger partial charge on any atom is 0.244 e. The van der Waals surface area contributed by atoms with Crippen molar-refractivity contribution in [3.8, 4) is 0 Å². The number of rotatable bonds is 4. The molecule has 1 N–H and O–H groups in total. The third-order valence-corrected chi connectivity index (χ3v) is 5.58. The van der Waals surface area contributed by atoms with Crippen molar-refractivity contribution in [2.75, 3.05) is 5.32 Å². The monoisotopic (exact) mass is 322 g/mol. The molecule has 0 spiro atoms. The first-order valence-corrected chi connectivity index (χ1v) is 8.32. The van der Waals surface area contributed by atoms with Gasteiger partial charge in [-0.15, -0.1) is 0 Å². The fraction of sp³-hybridized carbons (Fsp3) is 0.333. The number of aromatic nitrogens is 1. The van der Waals surface area contributed by atoms with Gasteiger partial charge in [-0.1, -0.05) is 11.2 Å². The Morgan fingerprint density at radius 1 is 1.18 bits per heavy atom. The second-order valence-electron chi connectivity index (χ2n) is 5.25. The van der Waals surface area contributed by atoms with Crippen molar-refractivity contribution < 1.29 is 17.7 Å². The molecular formula is C15H18N2O4S. The van der Waals surface area contributed by atoms with Crippen molar-refractivity contribution in [3.63, 3.8) is 0 Å². The maximum absolute atomic E-state index is 12.5. The van der Waals surface area contributed by atoms with Gasteiger partial charge in [0, 0.05) is 6.07 Å². The predicted octanol–water partition coefficient (Wildman–Crippen LogP) is 2.40. The number of benzene rings is 1. The molecule has 1 atom stereocenters. The van der Waals surface area contributed by atoms with Crippen LogP contribution in [0.25, 0.3) is 0 Å².